The predicted molar refractivity (Wildman–Crippen MR) is 120 cm³/mol. The van der Waals surface area contributed by atoms with Crippen LogP contribution >= 0.6 is 11.3 Å². The van der Waals surface area contributed by atoms with Gasteiger partial charge in [0, 0.05) is 49.9 Å². The fourth-order valence-corrected chi connectivity index (χ4v) is 4.01. The fraction of sp³-hybridized carbons (Fsp3) is 0.571. The maximum Gasteiger partial charge on any atom is 0.191 e. The molecule has 0 bridgehead atoms. The Balaban J connectivity index is 1.50. The number of aromatic nitrogens is 2. The summed E-state index contributed by atoms with van der Waals surface area (Å²) in [4.78, 5) is 17.4. The van der Waals surface area contributed by atoms with Gasteiger partial charge in [-0.3, -0.25) is 0 Å². The van der Waals surface area contributed by atoms with Gasteiger partial charge in [0.25, 0.3) is 0 Å². The third-order valence-electron chi connectivity index (χ3n) is 4.72. The van der Waals surface area contributed by atoms with Crippen LogP contribution in [0.1, 0.15) is 36.2 Å². The number of thiazole rings is 1. The number of guanidine groups is 1. The third-order valence-corrected chi connectivity index (χ3v) is 5.92. The number of morpholine rings is 1. The van der Waals surface area contributed by atoms with E-state index in [1.54, 1.807) is 11.3 Å². The Bertz CT molecular complexity index is 776. The average molecular weight is 417 g/mol. The van der Waals surface area contributed by atoms with Crippen LogP contribution in [-0.4, -0.2) is 54.8 Å². The lowest BCUT2D eigenvalue weighted by atomic mass is 10.2. The van der Waals surface area contributed by atoms with E-state index in [1.165, 1.54) is 9.88 Å². The maximum atomic E-state index is 5.60. The first kappa shape index (κ1) is 21.5. The van der Waals surface area contributed by atoms with Crippen molar-refractivity contribution in [1.29, 1.82) is 0 Å². The molecule has 0 aliphatic carbocycles. The highest BCUT2D eigenvalue weighted by Crippen LogP contribution is 2.16. The summed E-state index contributed by atoms with van der Waals surface area (Å²) in [5.74, 6) is 1.83. The largest absolute Gasteiger partial charge is 0.375 e. The molecule has 2 aromatic heterocycles. The maximum absolute atomic E-state index is 5.60. The number of anilines is 1. The van der Waals surface area contributed by atoms with E-state index in [1.807, 2.05) is 12.4 Å². The summed E-state index contributed by atoms with van der Waals surface area (Å²) >= 11 is 1.79. The van der Waals surface area contributed by atoms with Crippen molar-refractivity contribution >= 4 is 23.1 Å². The van der Waals surface area contributed by atoms with Gasteiger partial charge in [0.2, 0.25) is 0 Å². The Kier molecular flexibility index (Phi) is 8.25. The average Bonchev–Trinajstić information content (AvgIpc) is 3.20. The zero-order valence-electron chi connectivity index (χ0n) is 17.6. The van der Waals surface area contributed by atoms with E-state index in [0.29, 0.717) is 6.54 Å². The molecule has 0 spiro atoms. The minimum absolute atomic E-state index is 0.251. The van der Waals surface area contributed by atoms with E-state index in [0.717, 1.165) is 63.0 Å². The van der Waals surface area contributed by atoms with Crippen molar-refractivity contribution in [2.24, 2.45) is 4.99 Å². The Morgan fingerprint density at radius 3 is 2.86 bits per heavy atom. The zero-order valence-corrected chi connectivity index (χ0v) is 18.5. The first-order chi connectivity index (χ1) is 14.2. The summed E-state index contributed by atoms with van der Waals surface area (Å²) in [6, 6.07) is 4.19. The highest BCUT2D eigenvalue weighted by molar-refractivity contribution is 7.11. The second kappa shape index (κ2) is 11.1. The van der Waals surface area contributed by atoms with Crippen molar-refractivity contribution in [3.8, 4) is 0 Å². The van der Waals surface area contributed by atoms with E-state index < -0.39 is 0 Å². The van der Waals surface area contributed by atoms with Crippen molar-refractivity contribution in [2.45, 2.75) is 46.3 Å². The molecule has 8 heteroatoms. The number of hydrogen-bond donors (Lipinski definition) is 2. The van der Waals surface area contributed by atoms with Crippen LogP contribution < -0.4 is 15.5 Å². The van der Waals surface area contributed by atoms with Crippen LogP contribution in [0, 0.1) is 0 Å². The highest BCUT2D eigenvalue weighted by Gasteiger charge is 2.17. The van der Waals surface area contributed by atoms with Gasteiger partial charge < -0.3 is 20.3 Å². The number of nitrogens with zero attached hydrogens (tertiary/aromatic N) is 4. The van der Waals surface area contributed by atoms with Gasteiger partial charge in [-0.25, -0.2) is 15.0 Å². The van der Waals surface area contributed by atoms with Crippen molar-refractivity contribution in [3.63, 3.8) is 0 Å². The lowest BCUT2D eigenvalue weighted by Crippen LogP contribution is -2.41. The zero-order chi connectivity index (χ0) is 20.5. The molecule has 2 aromatic rings. The third kappa shape index (κ3) is 6.68. The normalized spacial score (nSPS) is 17.4. The van der Waals surface area contributed by atoms with Gasteiger partial charge in [-0.05, 0) is 31.9 Å². The smallest absolute Gasteiger partial charge is 0.191 e. The van der Waals surface area contributed by atoms with Crippen LogP contribution in [0.15, 0.2) is 29.5 Å². The number of aliphatic imine (C=N–C) groups is 1. The molecule has 7 nitrogen and oxygen atoms in total. The molecule has 0 amide bonds. The van der Waals surface area contributed by atoms with E-state index in [-0.39, 0.29) is 6.10 Å². The van der Waals surface area contributed by atoms with Gasteiger partial charge in [0.15, 0.2) is 5.96 Å². The van der Waals surface area contributed by atoms with Crippen LogP contribution in [0.2, 0.25) is 0 Å². The first-order valence-electron chi connectivity index (χ1n) is 10.4. The number of nitrogens with one attached hydrogen (secondary N) is 2. The van der Waals surface area contributed by atoms with E-state index in [9.17, 15) is 0 Å². The molecule has 0 saturated carbocycles. The molecule has 0 aromatic carbocycles. The van der Waals surface area contributed by atoms with Gasteiger partial charge in [0.05, 0.1) is 24.3 Å². The molecule has 29 heavy (non-hydrogen) atoms. The summed E-state index contributed by atoms with van der Waals surface area (Å²) in [5.41, 5.74) is 1.10. The quantitative estimate of drug-likeness (QED) is 0.509. The summed E-state index contributed by atoms with van der Waals surface area (Å²) in [6.07, 6.45) is 6.11. The monoisotopic (exact) mass is 416 g/mol. The molecule has 1 fully saturated rings. The second-order valence-corrected chi connectivity index (χ2v) is 8.30. The molecule has 1 aliphatic rings. The minimum Gasteiger partial charge on any atom is -0.375 e. The van der Waals surface area contributed by atoms with Crippen LogP contribution in [0.5, 0.6) is 0 Å². The van der Waals surface area contributed by atoms with E-state index in [4.69, 9.17) is 9.73 Å². The molecule has 1 unspecified atom stereocenters. The molecule has 1 atom stereocenters. The number of pyridine rings is 1. The van der Waals surface area contributed by atoms with Crippen LogP contribution in [-0.2, 0) is 24.1 Å². The van der Waals surface area contributed by atoms with E-state index >= 15 is 0 Å². The van der Waals surface area contributed by atoms with Crippen molar-refractivity contribution in [3.05, 3.63) is 40.0 Å². The summed E-state index contributed by atoms with van der Waals surface area (Å²) in [5, 5.41) is 7.87. The number of ether oxygens (including phenoxy) is 1. The van der Waals surface area contributed by atoms with Crippen LogP contribution in [0.3, 0.4) is 0 Å². The Hall–Kier alpha value is -2.19. The molecule has 2 N–H and O–H groups in total. The first-order valence-corrected chi connectivity index (χ1v) is 11.3. The Morgan fingerprint density at radius 1 is 1.28 bits per heavy atom. The topological polar surface area (TPSA) is 74.7 Å². The van der Waals surface area contributed by atoms with Gasteiger partial charge in [-0.15, -0.1) is 11.3 Å². The summed E-state index contributed by atoms with van der Waals surface area (Å²) < 4.78 is 5.60. The predicted octanol–water partition coefficient (Wildman–Crippen LogP) is 2.62. The molecule has 3 rings (SSSR count). The van der Waals surface area contributed by atoms with Crippen LogP contribution in [0.25, 0.3) is 0 Å². The van der Waals surface area contributed by atoms with Crippen molar-refractivity contribution in [1.82, 2.24) is 20.6 Å². The Labute approximate surface area is 177 Å². The van der Waals surface area contributed by atoms with Gasteiger partial charge in [-0.2, -0.15) is 0 Å². The van der Waals surface area contributed by atoms with Crippen molar-refractivity contribution < 1.29 is 4.74 Å². The molecule has 158 valence electrons. The molecular weight excluding hydrogens is 384 g/mol. The standard InChI is InChI=1S/C21H32N6OS/c1-4-18-14-25-20(29-18)8-9-23-21(22-5-2)26-13-17-6-7-19(24-12-17)27-10-11-28-16(3)15-27/h6-7,12,14,16H,4-5,8-11,13,15H2,1-3H3,(H2,22,23,26). The molecular formula is C21H32N6OS. The summed E-state index contributed by atoms with van der Waals surface area (Å²) in [6.45, 7) is 11.1. The number of rotatable bonds is 8. The number of aryl methyl sites for hydroxylation is 1. The minimum atomic E-state index is 0.251. The SMILES string of the molecule is CCNC(=NCc1ccc(N2CCOC(C)C2)nc1)NCCc1ncc(CC)s1. The lowest BCUT2D eigenvalue weighted by molar-refractivity contribution is 0.0529. The highest BCUT2D eigenvalue weighted by atomic mass is 32.1. The van der Waals surface area contributed by atoms with E-state index in [2.05, 4.69) is 58.4 Å². The Morgan fingerprint density at radius 2 is 2.17 bits per heavy atom. The lowest BCUT2D eigenvalue weighted by Gasteiger charge is -2.32. The molecule has 1 aliphatic heterocycles. The van der Waals surface area contributed by atoms with Crippen LogP contribution in [0.4, 0.5) is 5.82 Å². The number of hydrogen-bond acceptors (Lipinski definition) is 6. The molecule has 1 saturated heterocycles. The van der Waals surface area contributed by atoms with Gasteiger partial charge >= 0.3 is 0 Å². The fourth-order valence-electron chi connectivity index (χ4n) is 3.15. The summed E-state index contributed by atoms with van der Waals surface area (Å²) in [7, 11) is 0. The van der Waals surface area contributed by atoms with Crippen molar-refractivity contribution in [2.75, 3.05) is 37.7 Å². The van der Waals surface area contributed by atoms with Gasteiger partial charge in [0.1, 0.15) is 5.82 Å². The molecule has 3 heterocycles. The second-order valence-electron chi connectivity index (χ2n) is 7.10. The molecule has 0 radical (unpaired) electrons. The van der Waals surface area contributed by atoms with Gasteiger partial charge in [-0.1, -0.05) is 13.0 Å².